The van der Waals surface area contributed by atoms with E-state index in [4.69, 9.17) is 16.3 Å². The maximum absolute atomic E-state index is 5.94. The van der Waals surface area contributed by atoms with Crippen molar-refractivity contribution < 1.29 is 4.74 Å². The van der Waals surface area contributed by atoms with Crippen LogP contribution in [0.5, 0.6) is 0 Å². The Balaban J connectivity index is 1.77. The molecule has 0 saturated carbocycles. The Morgan fingerprint density at radius 2 is 2.12 bits per heavy atom. The van der Waals surface area contributed by atoms with E-state index in [0.717, 1.165) is 37.2 Å². The van der Waals surface area contributed by atoms with Crippen molar-refractivity contribution in [2.75, 3.05) is 19.8 Å². The quantitative estimate of drug-likeness (QED) is 0.890. The predicted octanol–water partition coefficient (Wildman–Crippen LogP) is 3.16. The van der Waals surface area contributed by atoms with Crippen molar-refractivity contribution in [3.05, 3.63) is 34.3 Å². The molecule has 1 N–H and O–H groups in total. The van der Waals surface area contributed by atoms with Gasteiger partial charge in [-0.2, -0.15) is 0 Å². The number of hydrogen-bond donors (Lipinski definition) is 1. The predicted molar refractivity (Wildman–Crippen MR) is 71.4 cm³/mol. The highest BCUT2D eigenvalue weighted by molar-refractivity contribution is 6.30. The topological polar surface area (TPSA) is 21.3 Å². The van der Waals surface area contributed by atoms with Gasteiger partial charge in [-0.05, 0) is 55.5 Å². The van der Waals surface area contributed by atoms with Gasteiger partial charge in [-0.25, -0.2) is 0 Å². The summed E-state index contributed by atoms with van der Waals surface area (Å²) in [5.41, 5.74) is 2.60. The van der Waals surface area contributed by atoms with Crippen LogP contribution in [0.1, 0.15) is 24.0 Å². The molecule has 0 bridgehead atoms. The highest BCUT2D eigenvalue weighted by Crippen LogP contribution is 2.16. The molecule has 0 unspecified atom stereocenters. The average molecular weight is 254 g/mol. The molecule has 2 nitrogen and oxygen atoms in total. The van der Waals surface area contributed by atoms with Gasteiger partial charge in [-0.15, -0.1) is 0 Å². The normalized spacial score (nSPS) is 17.3. The summed E-state index contributed by atoms with van der Waals surface area (Å²) in [6.07, 6.45) is 2.37. The van der Waals surface area contributed by atoms with E-state index in [2.05, 4.69) is 18.3 Å². The summed E-state index contributed by atoms with van der Waals surface area (Å²) >= 11 is 5.94. The number of rotatable bonds is 4. The molecule has 1 aliphatic rings. The molecule has 3 heteroatoms. The van der Waals surface area contributed by atoms with Crippen molar-refractivity contribution in [2.24, 2.45) is 5.92 Å². The van der Waals surface area contributed by atoms with Gasteiger partial charge in [-0.1, -0.05) is 17.7 Å². The van der Waals surface area contributed by atoms with Crippen molar-refractivity contribution in [2.45, 2.75) is 26.3 Å². The molecule has 1 aromatic rings. The van der Waals surface area contributed by atoms with Crippen LogP contribution in [0.2, 0.25) is 5.02 Å². The number of hydrogen-bond acceptors (Lipinski definition) is 2. The summed E-state index contributed by atoms with van der Waals surface area (Å²) in [6.45, 7) is 5.97. The van der Waals surface area contributed by atoms with E-state index in [0.29, 0.717) is 0 Å². The molecule has 0 aromatic heterocycles. The van der Waals surface area contributed by atoms with E-state index in [-0.39, 0.29) is 0 Å². The first-order chi connectivity index (χ1) is 8.25. The highest BCUT2D eigenvalue weighted by atomic mass is 35.5. The molecule has 0 atom stereocenters. The molecule has 1 aromatic carbocycles. The summed E-state index contributed by atoms with van der Waals surface area (Å²) in [4.78, 5) is 0. The van der Waals surface area contributed by atoms with Crippen LogP contribution in [0.25, 0.3) is 0 Å². The molecule has 0 amide bonds. The zero-order valence-electron chi connectivity index (χ0n) is 10.3. The fraction of sp³-hybridized carbons (Fsp3) is 0.571. The van der Waals surface area contributed by atoms with Gasteiger partial charge in [0.15, 0.2) is 0 Å². The Hall–Kier alpha value is -0.570. The lowest BCUT2D eigenvalue weighted by Gasteiger charge is -2.22. The smallest absolute Gasteiger partial charge is 0.0469 e. The van der Waals surface area contributed by atoms with E-state index in [1.807, 2.05) is 12.1 Å². The minimum Gasteiger partial charge on any atom is -0.381 e. The summed E-state index contributed by atoms with van der Waals surface area (Å²) in [5, 5.41) is 4.35. The Bertz CT molecular complexity index is 361. The molecule has 94 valence electrons. The molecular formula is C14H20ClNO. The van der Waals surface area contributed by atoms with Crippen LogP contribution in [0, 0.1) is 12.8 Å². The molecule has 0 aliphatic carbocycles. The molecule has 1 heterocycles. The van der Waals surface area contributed by atoms with Crippen LogP contribution in [-0.2, 0) is 11.3 Å². The van der Waals surface area contributed by atoms with Gasteiger partial charge in [0, 0.05) is 24.8 Å². The maximum atomic E-state index is 5.94. The molecule has 2 rings (SSSR count). The van der Waals surface area contributed by atoms with Crippen molar-refractivity contribution in [1.82, 2.24) is 5.32 Å². The lowest BCUT2D eigenvalue weighted by Crippen LogP contribution is -2.27. The van der Waals surface area contributed by atoms with Gasteiger partial charge < -0.3 is 10.1 Å². The maximum Gasteiger partial charge on any atom is 0.0469 e. The lowest BCUT2D eigenvalue weighted by molar-refractivity contribution is 0.0662. The third kappa shape index (κ3) is 3.98. The number of ether oxygens (including phenoxy) is 1. The molecular weight excluding hydrogens is 234 g/mol. The highest BCUT2D eigenvalue weighted by Gasteiger charge is 2.12. The number of benzene rings is 1. The van der Waals surface area contributed by atoms with E-state index >= 15 is 0 Å². The van der Waals surface area contributed by atoms with Crippen LogP contribution in [0.15, 0.2) is 18.2 Å². The van der Waals surface area contributed by atoms with Crippen molar-refractivity contribution in [3.8, 4) is 0 Å². The van der Waals surface area contributed by atoms with Gasteiger partial charge in [0.25, 0.3) is 0 Å². The van der Waals surface area contributed by atoms with Gasteiger partial charge in [0.2, 0.25) is 0 Å². The first kappa shape index (κ1) is 12.9. The standard InChI is InChI=1S/C14H20ClNO/c1-11-8-14(15)3-2-13(11)10-16-9-12-4-6-17-7-5-12/h2-3,8,12,16H,4-7,9-10H2,1H3. The minimum atomic E-state index is 0.774. The van der Waals surface area contributed by atoms with Crippen molar-refractivity contribution >= 4 is 11.6 Å². The zero-order valence-corrected chi connectivity index (χ0v) is 11.1. The second-order valence-electron chi connectivity index (χ2n) is 4.76. The third-order valence-electron chi connectivity index (χ3n) is 3.39. The number of nitrogens with one attached hydrogen (secondary N) is 1. The summed E-state index contributed by atoms with van der Waals surface area (Å²) < 4.78 is 5.35. The molecule has 1 saturated heterocycles. The van der Waals surface area contributed by atoms with Crippen LogP contribution in [0.3, 0.4) is 0 Å². The molecule has 1 fully saturated rings. The van der Waals surface area contributed by atoms with E-state index in [9.17, 15) is 0 Å². The van der Waals surface area contributed by atoms with E-state index in [1.54, 1.807) is 0 Å². The van der Waals surface area contributed by atoms with E-state index in [1.165, 1.54) is 24.0 Å². The fourth-order valence-electron chi connectivity index (χ4n) is 2.22. The van der Waals surface area contributed by atoms with Crippen molar-refractivity contribution in [1.29, 1.82) is 0 Å². The molecule has 0 radical (unpaired) electrons. The van der Waals surface area contributed by atoms with Crippen LogP contribution in [0.4, 0.5) is 0 Å². The van der Waals surface area contributed by atoms with Crippen molar-refractivity contribution in [3.63, 3.8) is 0 Å². The number of aryl methyl sites for hydroxylation is 1. The minimum absolute atomic E-state index is 0.774. The van der Waals surface area contributed by atoms with Gasteiger partial charge >= 0.3 is 0 Å². The lowest BCUT2D eigenvalue weighted by atomic mass is 10.0. The second kappa shape index (κ2) is 6.39. The Kier molecular flexibility index (Phi) is 4.84. The summed E-state index contributed by atoms with van der Waals surface area (Å²) in [6, 6.07) is 6.09. The zero-order chi connectivity index (χ0) is 12.1. The van der Waals surface area contributed by atoms with Crippen LogP contribution < -0.4 is 5.32 Å². The van der Waals surface area contributed by atoms with Gasteiger partial charge in [0.1, 0.15) is 0 Å². The Morgan fingerprint density at radius 1 is 1.35 bits per heavy atom. The first-order valence-electron chi connectivity index (χ1n) is 6.29. The average Bonchev–Trinajstić information content (AvgIpc) is 2.33. The largest absolute Gasteiger partial charge is 0.381 e. The van der Waals surface area contributed by atoms with Gasteiger partial charge in [0.05, 0.1) is 0 Å². The van der Waals surface area contributed by atoms with E-state index < -0.39 is 0 Å². The summed E-state index contributed by atoms with van der Waals surface area (Å²) in [7, 11) is 0. The van der Waals surface area contributed by atoms with Crippen LogP contribution in [-0.4, -0.2) is 19.8 Å². The Morgan fingerprint density at radius 3 is 2.82 bits per heavy atom. The molecule has 0 spiro atoms. The number of halogens is 1. The Labute approximate surface area is 108 Å². The van der Waals surface area contributed by atoms with Crippen LogP contribution >= 0.6 is 11.6 Å². The molecule has 17 heavy (non-hydrogen) atoms. The third-order valence-corrected chi connectivity index (χ3v) is 3.63. The van der Waals surface area contributed by atoms with Gasteiger partial charge in [-0.3, -0.25) is 0 Å². The molecule has 1 aliphatic heterocycles. The fourth-order valence-corrected chi connectivity index (χ4v) is 2.45. The SMILES string of the molecule is Cc1cc(Cl)ccc1CNCC1CCOCC1. The second-order valence-corrected chi connectivity index (χ2v) is 5.19. The first-order valence-corrected chi connectivity index (χ1v) is 6.67. The monoisotopic (exact) mass is 253 g/mol. The summed E-state index contributed by atoms with van der Waals surface area (Å²) in [5.74, 6) is 0.774.